The van der Waals surface area contributed by atoms with Gasteiger partial charge in [-0.3, -0.25) is 4.79 Å². The third kappa shape index (κ3) is 9.51. The van der Waals surface area contributed by atoms with Gasteiger partial charge >= 0.3 is 12.1 Å². The van der Waals surface area contributed by atoms with Gasteiger partial charge in [0.15, 0.2) is 6.61 Å². The Balaban J connectivity index is 0. The van der Waals surface area contributed by atoms with Crippen LogP contribution in [0.5, 0.6) is 0 Å². The van der Waals surface area contributed by atoms with Gasteiger partial charge in [0.05, 0.1) is 6.54 Å². The number of alkyl halides is 3. The zero-order valence-electron chi connectivity index (χ0n) is 5.35. The highest BCUT2D eigenvalue weighted by molar-refractivity contribution is 5.85. The molecule has 0 aromatic rings. The molecule has 0 aliphatic carbocycles. The number of rotatable bonds is 2. The van der Waals surface area contributed by atoms with Crippen LogP contribution in [0.25, 0.3) is 0 Å². The summed E-state index contributed by atoms with van der Waals surface area (Å²) in [5, 5.41) is 0. The number of carbonyl (C=O) groups is 1. The Hall–Kier alpha value is -0.490. The summed E-state index contributed by atoms with van der Waals surface area (Å²) in [6.45, 7) is -2.10. The molecular formula is C4H7ClF3NO2. The van der Waals surface area contributed by atoms with Crippen molar-refractivity contribution in [1.29, 1.82) is 0 Å². The third-order valence-electron chi connectivity index (χ3n) is 0.563. The largest absolute Gasteiger partial charge is 0.455 e. The standard InChI is InChI=1S/C4H6F3NO2.ClH/c5-4(6,7)2-10-3(9)1-8;/h1-2,8H2;1H. The minimum absolute atomic E-state index is 0. The maximum absolute atomic E-state index is 11.2. The fourth-order valence-electron chi connectivity index (χ4n) is 0.221. The van der Waals surface area contributed by atoms with E-state index in [2.05, 4.69) is 10.5 Å². The molecule has 0 fully saturated rings. The normalized spacial score (nSPS) is 10.2. The monoisotopic (exact) mass is 193 g/mol. The van der Waals surface area contributed by atoms with Crippen LogP contribution in [-0.2, 0) is 9.53 Å². The van der Waals surface area contributed by atoms with E-state index in [4.69, 9.17) is 0 Å². The Bertz CT molecular complexity index is 127. The predicted octanol–water partition coefficient (Wildman–Crippen LogP) is 0.472. The van der Waals surface area contributed by atoms with Gasteiger partial charge in [0.25, 0.3) is 0 Å². The zero-order chi connectivity index (χ0) is 8.20. The van der Waals surface area contributed by atoms with E-state index < -0.39 is 25.3 Å². The Morgan fingerprint density at radius 1 is 1.45 bits per heavy atom. The summed E-state index contributed by atoms with van der Waals surface area (Å²) in [6, 6.07) is 0. The Labute approximate surface area is 67.1 Å². The first kappa shape index (κ1) is 13.1. The van der Waals surface area contributed by atoms with E-state index in [1.807, 2.05) is 0 Å². The molecule has 68 valence electrons. The van der Waals surface area contributed by atoms with Crippen LogP contribution in [0.3, 0.4) is 0 Å². The van der Waals surface area contributed by atoms with E-state index in [9.17, 15) is 18.0 Å². The van der Waals surface area contributed by atoms with Gasteiger partial charge in [-0.1, -0.05) is 0 Å². The lowest BCUT2D eigenvalue weighted by molar-refractivity contribution is -0.185. The van der Waals surface area contributed by atoms with Crippen molar-refractivity contribution in [2.45, 2.75) is 6.18 Å². The smallest absolute Gasteiger partial charge is 0.422 e. The molecular weight excluding hydrogens is 186 g/mol. The van der Waals surface area contributed by atoms with Crippen LogP contribution < -0.4 is 5.73 Å². The highest BCUT2D eigenvalue weighted by atomic mass is 35.5. The summed E-state index contributed by atoms with van der Waals surface area (Å²) in [7, 11) is 0. The SMILES string of the molecule is Cl.NCC(=O)OCC(F)(F)F. The van der Waals surface area contributed by atoms with Gasteiger partial charge in [-0.2, -0.15) is 13.2 Å². The van der Waals surface area contributed by atoms with E-state index >= 15 is 0 Å². The third-order valence-corrected chi connectivity index (χ3v) is 0.563. The molecule has 3 nitrogen and oxygen atoms in total. The molecule has 0 atom stereocenters. The lowest BCUT2D eigenvalue weighted by Crippen LogP contribution is -2.24. The first-order valence-corrected chi connectivity index (χ1v) is 2.38. The number of esters is 1. The van der Waals surface area contributed by atoms with Crippen molar-refractivity contribution in [2.75, 3.05) is 13.2 Å². The molecule has 0 bridgehead atoms. The number of hydrogen-bond acceptors (Lipinski definition) is 3. The average molecular weight is 194 g/mol. The van der Waals surface area contributed by atoms with Crippen molar-refractivity contribution in [1.82, 2.24) is 0 Å². The Kier molecular flexibility index (Phi) is 6.20. The van der Waals surface area contributed by atoms with Gasteiger partial charge in [0, 0.05) is 0 Å². The number of hydrogen-bond donors (Lipinski definition) is 1. The lowest BCUT2D eigenvalue weighted by atomic mass is 10.6. The van der Waals surface area contributed by atoms with Crippen LogP contribution in [0.2, 0.25) is 0 Å². The maximum Gasteiger partial charge on any atom is 0.422 e. The van der Waals surface area contributed by atoms with Gasteiger partial charge in [-0.05, 0) is 0 Å². The molecule has 2 N–H and O–H groups in total. The van der Waals surface area contributed by atoms with E-state index in [1.54, 1.807) is 0 Å². The second kappa shape index (κ2) is 5.20. The first-order chi connectivity index (χ1) is 4.45. The van der Waals surface area contributed by atoms with Crippen LogP contribution in [0.1, 0.15) is 0 Å². The van der Waals surface area contributed by atoms with Crippen molar-refractivity contribution in [3.05, 3.63) is 0 Å². The molecule has 0 rings (SSSR count). The van der Waals surface area contributed by atoms with Crippen LogP contribution in [0, 0.1) is 0 Å². The molecule has 0 heterocycles. The lowest BCUT2D eigenvalue weighted by Gasteiger charge is -2.05. The minimum Gasteiger partial charge on any atom is -0.455 e. The van der Waals surface area contributed by atoms with Crippen molar-refractivity contribution in [3.8, 4) is 0 Å². The molecule has 0 aromatic heterocycles. The molecule has 0 amide bonds. The van der Waals surface area contributed by atoms with Crippen LogP contribution in [0.15, 0.2) is 0 Å². The van der Waals surface area contributed by atoms with E-state index in [0.717, 1.165) is 0 Å². The average Bonchev–Trinajstić information content (AvgIpc) is 1.81. The topological polar surface area (TPSA) is 52.3 Å². The van der Waals surface area contributed by atoms with Crippen LogP contribution in [0.4, 0.5) is 13.2 Å². The maximum atomic E-state index is 11.2. The van der Waals surface area contributed by atoms with Gasteiger partial charge in [0.2, 0.25) is 0 Å². The molecule has 0 aliphatic heterocycles. The highest BCUT2D eigenvalue weighted by Crippen LogP contribution is 2.14. The van der Waals surface area contributed by atoms with Gasteiger partial charge < -0.3 is 10.5 Å². The molecule has 11 heavy (non-hydrogen) atoms. The molecule has 0 saturated carbocycles. The van der Waals surface area contributed by atoms with Gasteiger partial charge in [-0.25, -0.2) is 0 Å². The zero-order valence-corrected chi connectivity index (χ0v) is 6.17. The minimum atomic E-state index is -4.47. The van der Waals surface area contributed by atoms with Crippen molar-refractivity contribution >= 4 is 18.4 Å². The summed E-state index contributed by atoms with van der Waals surface area (Å²) >= 11 is 0. The number of ether oxygens (including phenoxy) is 1. The van der Waals surface area contributed by atoms with Crippen LogP contribution >= 0.6 is 12.4 Å². The van der Waals surface area contributed by atoms with E-state index in [-0.39, 0.29) is 12.4 Å². The second-order valence-corrected chi connectivity index (χ2v) is 1.48. The number of carbonyl (C=O) groups excluding carboxylic acids is 1. The molecule has 0 saturated heterocycles. The van der Waals surface area contributed by atoms with Crippen molar-refractivity contribution in [2.24, 2.45) is 5.73 Å². The summed E-state index contributed by atoms with van der Waals surface area (Å²) in [6.07, 6.45) is -4.47. The molecule has 0 spiro atoms. The summed E-state index contributed by atoms with van der Waals surface area (Å²) in [5.41, 5.74) is 4.66. The van der Waals surface area contributed by atoms with Gasteiger partial charge in [0.1, 0.15) is 0 Å². The molecule has 0 radical (unpaired) electrons. The van der Waals surface area contributed by atoms with Crippen LogP contribution in [-0.4, -0.2) is 25.3 Å². The van der Waals surface area contributed by atoms with E-state index in [0.29, 0.717) is 0 Å². The molecule has 0 unspecified atom stereocenters. The van der Waals surface area contributed by atoms with E-state index in [1.165, 1.54) is 0 Å². The fourth-order valence-corrected chi connectivity index (χ4v) is 0.221. The second-order valence-electron chi connectivity index (χ2n) is 1.48. The number of nitrogens with two attached hydrogens (primary N) is 1. The fraction of sp³-hybridized carbons (Fsp3) is 0.750. The predicted molar refractivity (Wildman–Crippen MR) is 33.3 cm³/mol. The molecule has 7 heteroatoms. The number of halogens is 4. The van der Waals surface area contributed by atoms with Gasteiger partial charge in [-0.15, -0.1) is 12.4 Å². The first-order valence-electron chi connectivity index (χ1n) is 2.38. The van der Waals surface area contributed by atoms with Crippen molar-refractivity contribution in [3.63, 3.8) is 0 Å². The quantitative estimate of drug-likeness (QED) is 0.649. The summed E-state index contributed by atoms with van der Waals surface area (Å²) < 4.78 is 37.4. The Morgan fingerprint density at radius 2 is 1.91 bits per heavy atom. The molecule has 0 aromatic carbocycles. The van der Waals surface area contributed by atoms with Crippen molar-refractivity contribution < 1.29 is 22.7 Å². The highest BCUT2D eigenvalue weighted by Gasteiger charge is 2.29. The summed E-state index contributed by atoms with van der Waals surface area (Å²) in [4.78, 5) is 10.0. The Morgan fingerprint density at radius 3 is 2.18 bits per heavy atom. The summed E-state index contributed by atoms with van der Waals surface area (Å²) in [5.74, 6) is -1.06. The molecule has 0 aliphatic rings.